The third kappa shape index (κ3) is 4.23. The SMILES string of the molecule is COCC(N)C(=O)N1CCC(CSc2ccccc2)C1. The molecule has 1 aromatic rings. The fraction of sp³-hybridized carbons (Fsp3) is 0.533. The highest BCUT2D eigenvalue weighted by molar-refractivity contribution is 7.99. The number of amides is 1. The van der Waals surface area contributed by atoms with E-state index in [0.717, 1.165) is 25.3 Å². The molecule has 110 valence electrons. The molecule has 2 N–H and O–H groups in total. The van der Waals surface area contributed by atoms with Crippen molar-refractivity contribution < 1.29 is 9.53 Å². The number of likely N-dealkylation sites (tertiary alicyclic amines) is 1. The van der Waals surface area contributed by atoms with Gasteiger partial charge in [-0.15, -0.1) is 11.8 Å². The van der Waals surface area contributed by atoms with Gasteiger partial charge < -0.3 is 15.4 Å². The third-order valence-corrected chi connectivity index (χ3v) is 4.73. The van der Waals surface area contributed by atoms with E-state index in [1.54, 1.807) is 7.11 Å². The highest BCUT2D eigenvalue weighted by atomic mass is 32.2. The number of hydrogen-bond acceptors (Lipinski definition) is 4. The first-order chi connectivity index (χ1) is 9.70. The van der Waals surface area contributed by atoms with Crippen LogP contribution < -0.4 is 5.73 Å². The molecule has 2 unspecified atom stereocenters. The molecule has 1 aliphatic rings. The second-order valence-electron chi connectivity index (χ2n) is 5.12. The molecule has 2 rings (SSSR count). The van der Waals surface area contributed by atoms with Crippen LogP contribution in [0.15, 0.2) is 35.2 Å². The summed E-state index contributed by atoms with van der Waals surface area (Å²) in [5.74, 6) is 1.62. The van der Waals surface area contributed by atoms with Crippen molar-refractivity contribution in [1.82, 2.24) is 4.90 Å². The summed E-state index contributed by atoms with van der Waals surface area (Å²) in [4.78, 5) is 15.2. The number of ether oxygens (including phenoxy) is 1. The Bertz CT molecular complexity index is 427. The average molecular weight is 294 g/mol. The van der Waals surface area contributed by atoms with Crippen molar-refractivity contribution in [3.05, 3.63) is 30.3 Å². The molecule has 1 saturated heterocycles. The van der Waals surface area contributed by atoms with Gasteiger partial charge in [0.1, 0.15) is 6.04 Å². The highest BCUT2D eigenvalue weighted by Gasteiger charge is 2.29. The molecule has 5 heteroatoms. The number of carbonyl (C=O) groups excluding carboxylic acids is 1. The van der Waals surface area contributed by atoms with E-state index in [1.807, 2.05) is 22.7 Å². The molecule has 1 heterocycles. The van der Waals surface area contributed by atoms with Crippen molar-refractivity contribution in [2.24, 2.45) is 11.7 Å². The minimum atomic E-state index is -0.527. The van der Waals surface area contributed by atoms with Crippen LogP contribution in [0.3, 0.4) is 0 Å². The van der Waals surface area contributed by atoms with E-state index in [4.69, 9.17) is 10.5 Å². The van der Waals surface area contributed by atoms with Crippen LogP contribution in [0.2, 0.25) is 0 Å². The number of benzene rings is 1. The van der Waals surface area contributed by atoms with Crippen LogP contribution >= 0.6 is 11.8 Å². The second-order valence-corrected chi connectivity index (χ2v) is 6.22. The summed E-state index contributed by atoms with van der Waals surface area (Å²) in [6.45, 7) is 1.92. The van der Waals surface area contributed by atoms with Gasteiger partial charge in [0, 0.05) is 30.8 Å². The van der Waals surface area contributed by atoms with Gasteiger partial charge in [0.25, 0.3) is 0 Å². The van der Waals surface area contributed by atoms with E-state index in [0.29, 0.717) is 12.5 Å². The maximum absolute atomic E-state index is 12.1. The van der Waals surface area contributed by atoms with Gasteiger partial charge in [0.15, 0.2) is 0 Å². The molecule has 1 amide bonds. The van der Waals surface area contributed by atoms with Crippen molar-refractivity contribution >= 4 is 17.7 Å². The lowest BCUT2D eigenvalue weighted by atomic mass is 10.2. The summed E-state index contributed by atoms with van der Waals surface area (Å²) >= 11 is 1.86. The van der Waals surface area contributed by atoms with E-state index in [2.05, 4.69) is 24.3 Å². The molecular weight excluding hydrogens is 272 g/mol. The van der Waals surface area contributed by atoms with E-state index in [-0.39, 0.29) is 5.91 Å². The average Bonchev–Trinajstić information content (AvgIpc) is 2.94. The standard InChI is InChI=1S/C15H22N2O2S/c1-19-10-14(16)15(18)17-8-7-12(9-17)11-20-13-5-3-2-4-6-13/h2-6,12,14H,7-11,16H2,1H3. The van der Waals surface area contributed by atoms with Crippen molar-refractivity contribution in [1.29, 1.82) is 0 Å². The fourth-order valence-corrected chi connectivity index (χ4v) is 3.43. The highest BCUT2D eigenvalue weighted by Crippen LogP contribution is 2.26. The summed E-state index contributed by atoms with van der Waals surface area (Å²) in [6, 6.07) is 9.85. The molecule has 0 bridgehead atoms. The maximum Gasteiger partial charge on any atom is 0.241 e. The summed E-state index contributed by atoms with van der Waals surface area (Å²) in [7, 11) is 1.57. The Morgan fingerprint density at radius 2 is 2.25 bits per heavy atom. The molecule has 2 atom stereocenters. The Morgan fingerprint density at radius 1 is 1.50 bits per heavy atom. The number of carbonyl (C=O) groups is 1. The van der Waals surface area contributed by atoms with Crippen LogP contribution in [0.1, 0.15) is 6.42 Å². The van der Waals surface area contributed by atoms with Gasteiger partial charge in [0.2, 0.25) is 5.91 Å². The molecule has 1 aromatic carbocycles. The van der Waals surface area contributed by atoms with E-state index in [9.17, 15) is 4.79 Å². The molecule has 0 radical (unpaired) electrons. The van der Waals surface area contributed by atoms with Crippen molar-refractivity contribution in [2.45, 2.75) is 17.4 Å². The number of thioether (sulfide) groups is 1. The van der Waals surface area contributed by atoms with Crippen LogP contribution in [0, 0.1) is 5.92 Å². The number of rotatable bonds is 6. The summed E-state index contributed by atoms with van der Waals surface area (Å²) in [6.07, 6.45) is 1.06. The Morgan fingerprint density at radius 3 is 2.95 bits per heavy atom. The van der Waals surface area contributed by atoms with Gasteiger partial charge in [-0.05, 0) is 24.5 Å². The molecule has 0 spiro atoms. The van der Waals surface area contributed by atoms with Crippen LogP contribution in [0.5, 0.6) is 0 Å². The van der Waals surface area contributed by atoms with Crippen molar-refractivity contribution in [2.75, 3.05) is 32.6 Å². The molecule has 1 fully saturated rings. The Kier molecular flexibility index (Phi) is 5.88. The number of nitrogens with two attached hydrogens (primary N) is 1. The molecule has 0 aliphatic carbocycles. The minimum Gasteiger partial charge on any atom is -0.383 e. The predicted octanol–water partition coefficient (Wildman–Crippen LogP) is 1.60. The monoisotopic (exact) mass is 294 g/mol. The summed E-state index contributed by atoms with van der Waals surface area (Å²) < 4.78 is 4.94. The summed E-state index contributed by atoms with van der Waals surface area (Å²) in [5, 5.41) is 0. The largest absolute Gasteiger partial charge is 0.383 e. The number of nitrogens with zero attached hydrogens (tertiary/aromatic N) is 1. The normalized spacial score (nSPS) is 20.1. The molecule has 0 saturated carbocycles. The predicted molar refractivity (Wildman–Crippen MR) is 81.7 cm³/mol. The van der Waals surface area contributed by atoms with E-state index < -0.39 is 6.04 Å². The van der Waals surface area contributed by atoms with Crippen molar-refractivity contribution in [3.8, 4) is 0 Å². The van der Waals surface area contributed by atoms with Crippen LogP contribution in [0.25, 0.3) is 0 Å². The van der Waals surface area contributed by atoms with Crippen LogP contribution in [-0.2, 0) is 9.53 Å². The van der Waals surface area contributed by atoms with Gasteiger partial charge in [0.05, 0.1) is 6.61 Å². The Balaban J connectivity index is 1.76. The van der Waals surface area contributed by atoms with E-state index >= 15 is 0 Å². The quantitative estimate of drug-likeness (QED) is 0.810. The topological polar surface area (TPSA) is 55.6 Å². The maximum atomic E-state index is 12.1. The zero-order valence-electron chi connectivity index (χ0n) is 11.8. The van der Waals surface area contributed by atoms with Gasteiger partial charge >= 0.3 is 0 Å². The fourth-order valence-electron chi connectivity index (χ4n) is 2.39. The van der Waals surface area contributed by atoms with Gasteiger partial charge in [-0.1, -0.05) is 18.2 Å². The van der Waals surface area contributed by atoms with Crippen LogP contribution in [-0.4, -0.2) is 49.4 Å². The lowest BCUT2D eigenvalue weighted by Crippen LogP contribution is -2.45. The summed E-state index contributed by atoms with van der Waals surface area (Å²) in [5.41, 5.74) is 5.80. The second kappa shape index (κ2) is 7.67. The van der Waals surface area contributed by atoms with Crippen molar-refractivity contribution in [3.63, 3.8) is 0 Å². The molecule has 20 heavy (non-hydrogen) atoms. The van der Waals surface area contributed by atoms with Gasteiger partial charge in [-0.2, -0.15) is 0 Å². The van der Waals surface area contributed by atoms with Crippen LogP contribution in [0.4, 0.5) is 0 Å². The molecule has 4 nitrogen and oxygen atoms in total. The molecule has 0 aromatic heterocycles. The lowest BCUT2D eigenvalue weighted by Gasteiger charge is -2.20. The smallest absolute Gasteiger partial charge is 0.241 e. The zero-order valence-corrected chi connectivity index (χ0v) is 12.6. The number of hydrogen-bond donors (Lipinski definition) is 1. The minimum absolute atomic E-state index is 0.0130. The molecular formula is C15H22N2O2S. The Hall–Kier alpha value is -1.04. The van der Waals surface area contributed by atoms with Gasteiger partial charge in [-0.3, -0.25) is 4.79 Å². The first-order valence-corrected chi connectivity index (χ1v) is 7.90. The molecule has 1 aliphatic heterocycles. The number of methoxy groups -OCH3 is 1. The zero-order chi connectivity index (χ0) is 14.4. The third-order valence-electron chi connectivity index (χ3n) is 3.49. The van der Waals surface area contributed by atoms with Gasteiger partial charge in [-0.25, -0.2) is 0 Å². The Labute approximate surface area is 124 Å². The lowest BCUT2D eigenvalue weighted by molar-refractivity contribution is -0.132. The first-order valence-electron chi connectivity index (χ1n) is 6.92. The first kappa shape index (κ1) is 15.4. The van der Waals surface area contributed by atoms with E-state index in [1.165, 1.54) is 4.90 Å².